The number of alkyl halides is 1. The molecular formula is C13H14ClNO2. The molecule has 1 N–H and O–H groups in total. The summed E-state index contributed by atoms with van der Waals surface area (Å²) in [7, 11) is 0. The van der Waals surface area contributed by atoms with Crippen LogP contribution < -0.4 is 10.1 Å². The van der Waals surface area contributed by atoms with E-state index in [4.69, 9.17) is 16.3 Å². The van der Waals surface area contributed by atoms with Crippen LogP contribution >= 0.6 is 11.6 Å². The van der Waals surface area contributed by atoms with E-state index in [1.54, 1.807) is 0 Å². The Balaban J connectivity index is 2.07. The van der Waals surface area contributed by atoms with E-state index in [2.05, 4.69) is 11.9 Å². The molecule has 0 unspecified atom stereocenters. The van der Waals surface area contributed by atoms with Gasteiger partial charge < -0.3 is 10.1 Å². The molecule has 0 saturated carbocycles. The highest BCUT2D eigenvalue weighted by Crippen LogP contribution is 2.27. The molecule has 0 saturated heterocycles. The van der Waals surface area contributed by atoms with E-state index in [9.17, 15) is 4.79 Å². The van der Waals surface area contributed by atoms with Gasteiger partial charge in [0.25, 0.3) is 0 Å². The van der Waals surface area contributed by atoms with Crippen molar-refractivity contribution < 1.29 is 9.53 Å². The Morgan fingerprint density at radius 3 is 3.06 bits per heavy atom. The van der Waals surface area contributed by atoms with Crippen molar-refractivity contribution in [2.75, 3.05) is 17.8 Å². The maximum atomic E-state index is 11.3. The average molecular weight is 252 g/mol. The van der Waals surface area contributed by atoms with Gasteiger partial charge >= 0.3 is 0 Å². The number of ether oxygens (including phenoxy) is 1. The molecule has 2 rings (SSSR count). The minimum Gasteiger partial charge on any atom is -0.489 e. The number of fused-ring (bicyclic) bond motifs is 1. The summed E-state index contributed by atoms with van der Waals surface area (Å²) < 4.78 is 5.52. The highest BCUT2D eigenvalue weighted by atomic mass is 35.5. The molecule has 1 amide bonds. The van der Waals surface area contributed by atoms with Crippen molar-refractivity contribution in [3.8, 4) is 5.75 Å². The van der Waals surface area contributed by atoms with E-state index in [1.165, 1.54) is 0 Å². The van der Waals surface area contributed by atoms with Gasteiger partial charge in [0.2, 0.25) is 5.91 Å². The number of anilines is 1. The molecule has 0 spiro atoms. The summed E-state index contributed by atoms with van der Waals surface area (Å²) in [5.74, 6) is 1.17. The molecule has 90 valence electrons. The zero-order chi connectivity index (χ0) is 12.3. The first-order valence-electron chi connectivity index (χ1n) is 5.47. The maximum absolute atomic E-state index is 11.3. The summed E-state index contributed by atoms with van der Waals surface area (Å²) in [4.78, 5) is 11.3. The summed E-state index contributed by atoms with van der Waals surface area (Å²) in [6.45, 7) is 4.16. The molecule has 17 heavy (non-hydrogen) atoms. The number of hydrogen-bond acceptors (Lipinski definition) is 2. The highest BCUT2D eigenvalue weighted by Gasteiger charge is 2.14. The van der Waals surface area contributed by atoms with Crippen LogP contribution in [0, 0.1) is 0 Å². The second-order valence-electron chi connectivity index (χ2n) is 4.04. The molecule has 1 aliphatic rings. The monoisotopic (exact) mass is 251 g/mol. The summed E-state index contributed by atoms with van der Waals surface area (Å²) in [5, 5.41) is 2.83. The van der Waals surface area contributed by atoms with Crippen molar-refractivity contribution in [3.63, 3.8) is 0 Å². The van der Waals surface area contributed by atoms with Crippen molar-refractivity contribution in [2.24, 2.45) is 0 Å². The summed E-state index contributed by atoms with van der Waals surface area (Å²) >= 11 is 5.62. The molecule has 1 aliphatic heterocycles. The lowest BCUT2D eigenvalue weighted by molar-refractivity contribution is -0.116. The smallest absolute Gasteiger partial charge is 0.224 e. The first-order valence-corrected chi connectivity index (χ1v) is 6.00. The average Bonchev–Trinajstić information content (AvgIpc) is 2.35. The van der Waals surface area contributed by atoms with Crippen LogP contribution in [0.5, 0.6) is 5.75 Å². The lowest BCUT2D eigenvalue weighted by Crippen LogP contribution is -2.18. The van der Waals surface area contributed by atoms with E-state index in [-0.39, 0.29) is 5.91 Å². The van der Waals surface area contributed by atoms with E-state index in [1.807, 2.05) is 18.2 Å². The summed E-state index contributed by atoms with van der Waals surface area (Å²) in [6, 6.07) is 5.72. The fraction of sp³-hybridized carbons (Fsp3) is 0.308. The number of carbonyl (C=O) groups excluding carboxylic acids is 1. The van der Waals surface area contributed by atoms with Crippen LogP contribution in [0.15, 0.2) is 30.4 Å². The van der Waals surface area contributed by atoms with Gasteiger partial charge in [-0.25, -0.2) is 0 Å². The van der Waals surface area contributed by atoms with Crippen LogP contribution in [-0.2, 0) is 11.2 Å². The third-order valence-corrected chi connectivity index (χ3v) is 2.99. The Morgan fingerprint density at radius 1 is 1.47 bits per heavy atom. The summed E-state index contributed by atoms with van der Waals surface area (Å²) in [5.41, 5.74) is 2.82. The first kappa shape index (κ1) is 12.0. The minimum atomic E-state index is 0.0554. The van der Waals surface area contributed by atoms with Crippen molar-refractivity contribution in [1.82, 2.24) is 0 Å². The minimum absolute atomic E-state index is 0.0554. The predicted molar refractivity (Wildman–Crippen MR) is 68.7 cm³/mol. The molecule has 0 fully saturated rings. The van der Waals surface area contributed by atoms with E-state index >= 15 is 0 Å². The molecule has 0 radical (unpaired) electrons. The standard InChI is InChI=1S/C13H14ClNO2/c1-9(7-14)8-17-11-4-2-10-3-5-13(16)15-12(10)6-11/h2,4,6H,1,3,5,7-8H2,(H,15,16). The number of rotatable bonds is 4. The predicted octanol–water partition coefficient (Wildman–Crippen LogP) is 2.75. The van der Waals surface area contributed by atoms with Gasteiger partial charge in [-0.3, -0.25) is 4.79 Å². The van der Waals surface area contributed by atoms with Crippen LogP contribution in [-0.4, -0.2) is 18.4 Å². The van der Waals surface area contributed by atoms with Crippen LogP contribution in [0.1, 0.15) is 12.0 Å². The number of halogens is 1. The second kappa shape index (κ2) is 5.23. The van der Waals surface area contributed by atoms with E-state index in [0.29, 0.717) is 18.9 Å². The largest absolute Gasteiger partial charge is 0.489 e. The number of benzene rings is 1. The van der Waals surface area contributed by atoms with Gasteiger partial charge in [0, 0.05) is 24.1 Å². The van der Waals surface area contributed by atoms with Crippen LogP contribution in [0.2, 0.25) is 0 Å². The van der Waals surface area contributed by atoms with Gasteiger partial charge in [0.05, 0.1) is 0 Å². The molecule has 0 aromatic heterocycles. The van der Waals surface area contributed by atoms with Crippen molar-refractivity contribution >= 4 is 23.2 Å². The maximum Gasteiger partial charge on any atom is 0.224 e. The second-order valence-corrected chi connectivity index (χ2v) is 4.31. The third kappa shape index (κ3) is 3.01. The first-order chi connectivity index (χ1) is 8.19. The fourth-order valence-electron chi connectivity index (χ4n) is 1.66. The van der Waals surface area contributed by atoms with Crippen LogP contribution in [0.3, 0.4) is 0 Å². The van der Waals surface area contributed by atoms with Crippen molar-refractivity contribution in [1.29, 1.82) is 0 Å². The van der Waals surface area contributed by atoms with Gasteiger partial charge in [-0.05, 0) is 23.6 Å². The molecule has 4 heteroatoms. The Hall–Kier alpha value is -1.48. The van der Waals surface area contributed by atoms with Crippen molar-refractivity contribution in [3.05, 3.63) is 35.9 Å². The Bertz CT molecular complexity index is 457. The molecule has 0 atom stereocenters. The SMILES string of the molecule is C=C(CCl)COc1ccc2c(c1)NC(=O)CC2. The Kier molecular flexibility index (Phi) is 3.69. The number of nitrogens with one attached hydrogen (secondary N) is 1. The van der Waals surface area contributed by atoms with Crippen molar-refractivity contribution in [2.45, 2.75) is 12.8 Å². The van der Waals surface area contributed by atoms with E-state index < -0.39 is 0 Å². The summed E-state index contributed by atoms with van der Waals surface area (Å²) in [6.07, 6.45) is 1.34. The number of carbonyl (C=O) groups is 1. The third-order valence-electron chi connectivity index (χ3n) is 2.61. The number of amides is 1. The van der Waals surface area contributed by atoms with Crippen LogP contribution in [0.4, 0.5) is 5.69 Å². The topological polar surface area (TPSA) is 38.3 Å². The molecule has 3 nitrogen and oxygen atoms in total. The van der Waals surface area contributed by atoms with Gasteiger partial charge in [-0.15, -0.1) is 11.6 Å². The van der Waals surface area contributed by atoms with E-state index in [0.717, 1.165) is 29.0 Å². The molecular weight excluding hydrogens is 238 g/mol. The van der Waals surface area contributed by atoms with Gasteiger partial charge in [-0.2, -0.15) is 0 Å². The lowest BCUT2D eigenvalue weighted by Gasteiger charge is -2.17. The fourth-order valence-corrected chi connectivity index (χ4v) is 1.74. The number of hydrogen-bond donors (Lipinski definition) is 1. The highest BCUT2D eigenvalue weighted by molar-refractivity contribution is 6.19. The molecule has 0 bridgehead atoms. The molecule has 1 aromatic rings. The zero-order valence-electron chi connectivity index (χ0n) is 9.46. The quantitative estimate of drug-likeness (QED) is 0.660. The Labute approximate surface area is 105 Å². The van der Waals surface area contributed by atoms with Gasteiger partial charge in [0.15, 0.2) is 0 Å². The molecule has 0 aliphatic carbocycles. The molecule has 1 heterocycles. The van der Waals surface area contributed by atoms with Gasteiger partial charge in [0.1, 0.15) is 12.4 Å². The zero-order valence-corrected chi connectivity index (χ0v) is 10.2. The van der Waals surface area contributed by atoms with Crippen LogP contribution in [0.25, 0.3) is 0 Å². The lowest BCUT2D eigenvalue weighted by atomic mass is 10.0. The Morgan fingerprint density at radius 2 is 2.29 bits per heavy atom. The molecule has 1 aromatic carbocycles. The number of aryl methyl sites for hydroxylation is 1. The normalized spacial score (nSPS) is 13.8. The van der Waals surface area contributed by atoms with Gasteiger partial charge in [-0.1, -0.05) is 12.6 Å².